The predicted octanol–water partition coefficient (Wildman–Crippen LogP) is -1.61. The Hall–Kier alpha value is -1.10. The maximum absolute atomic E-state index is 10.2. The first kappa shape index (κ1) is 8.90. The van der Waals surface area contributed by atoms with Gasteiger partial charge in [-0.1, -0.05) is 0 Å². The van der Waals surface area contributed by atoms with Gasteiger partial charge in [0.2, 0.25) is 5.91 Å². The Morgan fingerprint density at radius 3 is 2.10 bits per heavy atom. The van der Waals surface area contributed by atoms with Gasteiger partial charge in [0.05, 0.1) is 5.92 Å². The van der Waals surface area contributed by atoms with Crippen LogP contribution in [0.2, 0.25) is 0 Å². The molecule has 1 fully saturated rings. The van der Waals surface area contributed by atoms with Crippen LogP contribution in [0.4, 0.5) is 0 Å². The maximum atomic E-state index is 10.2. The van der Waals surface area contributed by atoms with Gasteiger partial charge in [-0.3, -0.25) is 9.59 Å². The molecule has 4 N–H and O–H groups in total. The average Bonchev–Trinajstić information content (AvgIpc) is 1.59. The molecule has 0 radical (unpaired) electrons. The number of carbonyl (C=O) groups is 2. The van der Waals surface area contributed by atoms with Crippen molar-refractivity contribution < 1.29 is 14.7 Å². The second kappa shape index (κ2) is 4.75. The summed E-state index contributed by atoms with van der Waals surface area (Å²) in [5.74, 6) is -0.0706. The van der Waals surface area contributed by atoms with Crippen molar-refractivity contribution in [3.8, 4) is 0 Å². The van der Waals surface area contributed by atoms with Gasteiger partial charge in [-0.2, -0.15) is 0 Å². The highest BCUT2D eigenvalue weighted by Crippen LogP contribution is 1.98. The summed E-state index contributed by atoms with van der Waals surface area (Å²) in [5.41, 5.74) is 4.92. The van der Waals surface area contributed by atoms with Crippen molar-refractivity contribution in [3.05, 3.63) is 0 Å². The summed E-state index contributed by atoms with van der Waals surface area (Å²) in [5, 5.41) is 9.83. The number of amides is 1. The van der Waals surface area contributed by atoms with Crippen molar-refractivity contribution in [1.82, 2.24) is 5.32 Å². The number of carboxylic acid groups (broad SMARTS) is 1. The number of hydrogen-bond donors (Lipinski definition) is 3. The van der Waals surface area contributed by atoms with Crippen LogP contribution in [-0.4, -0.2) is 30.6 Å². The van der Waals surface area contributed by atoms with E-state index in [2.05, 4.69) is 5.32 Å². The molecule has 0 aromatic rings. The van der Waals surface area contributed by atoms with Crippen molar-refractivity contribution in [3.63, 3.8) is 0 Å². The van der Waals surface area contributed by atoms with E-state index in [4.69, 9.17) is 15.6 Å². The van der Waals surface area contributed by atoms with E-state index in [0.29, 0.717) is 0 Å². The van der Waals surface area contributed by atoms with Gasteiger partial charge in [-0.25, -0.2) is 0 Å². The van der Waals surface area contributed by atoms with E-state index in [0.717, 1.165) is 13.1 Å². The van der Waals surface area contributed by atoms with Crippen LogP contribution in [-0.2, 0) is 9.59 Å². The van der Waals surface area contributed by atoms with Gasteiger partial charge >= 0.3 is 0 Å². The van der Waals surface area contributed by atoms with Gasteiger partial charge < -0.3 is 16.2 Å². The third-order valence-corrected chi connectivity index (χ3v) is 1.18. The van der Waals surface area contributed by atoms with E-state index < -0.39 is 0 Å². The summed E-state index contributed by atoms with van der Waals surface area (Å²) >= 11 is 0. The van der Waals surface area contributed by atoms with Crippen LogP contribution < -0.4 is 11.1 Å². The lowest BCUT2D eigenvalue weighted by Crippen LogP contribution is -2.49. The first-order valence-corrected chi connectivity index (χ1v) is 2.80. The summed E-state index contributed by atoms with van der Waals surface area (Å²) in [6.07, 6.45) is 0. The SMILES string of the molecule is NC(=O)C1CNC1.O=CO. The standard InChI is InChI=1S/C4H8N2O.CH2O2/c5-4(7)3-1-6-2-3;2-1-3/h3,6H,1-2H2,(H2,5,7);1H,(H,2,3). The van der Waals surface area contributed by atoms with Gasteiger partial charge in [-0.05, 0) is 0 Å². The topological polar surface area (TPSA) is 92.4 Å². The molecular formula is C5H10N2O3. The van der Waals surface area contributed by atoms with Crippen LogP contribution in [0.5, 0.6) is 0 Å². The van der Waals surface area contributed by atoms with E-state index >= 15 is 0 Å². The van der Waals surface area contributed by atoms with Crippen LogP contribution >= 0.6 is 0 Å². The molecule has 1 heterocycles. The van der Waals surface area contributed by atoms with E-state index in [1.807, 2.05) is 0 Å². The minimum atomic E-state index is -0.250. The van der Waals surface area contributed by atoms with E-state index in [-0.39, 0.29) is 18.3 Å². The summed E-state index contributed by atoms with van der Waals surface area (Å²) in [7, 11) is 0. The Bertz CT molecular complexity index is 122. The first-order chi connectivity index (χ1) is 4.72. The lowest BCUT2D eigenvalue weighted by atomic mass is 10.0. The number of hydrogen-bond acceptors (Lipinski definition) is 3. The summed E-state index contributed by atoms with van der Waals surface area (Å²) in [6.45, 7) is 1.30. The van der Waals surface area contributed by atoms with Gasteiger partial charge in [-0.15, -0.1) is 0 Å². The Kier molecular flexibility index (Phi) is 4.23. The first-order valence-electron chi connectivity index (χ1n) is 2.80. The van der Waals surface area contributed by atoms with Crippen molar-refractivity contribution in [2.45, 2.75) is 0 Å². The molecule has 1 aliphatic heterocycles. The number of rotatable bonds is 1. The molecule has 10 heavy (non-hydrogen) atoms. The molecule has 58 valence electrons. The zero-order valence-electron chi connectivity index (χ0n) is 5.41. The van der Waals surface area contributed by atoms with E-state index in [1.165, 1.54) is 0 Å². The lowest BCUT2D eigenvalue weighted by molar-refractivity contribution is -0.123. The molecule has 1 aliphatic rings. The van der Waals surface area contributed by atoms with Crippen LogP contribution in [0.15, 0.2) is 0 Å². The maximum Gasteiger partial charge on any atom is 0.290 e. The fourth-order valence-corrected chi connectivity index (χ4v) is 0.490. The summed E-state index contributed by atoms with van der Waals surface area (Å²) in [6, 6.07) is 0. The molecule has 0 aromatic heterocycles. The molecular weight excluding hydrogens is 136 g/mol. The highest BCUT2D eigenvalue weighted by atomic mass is 16.3. The highest BCUT2D eigenvalue weighted by Gasteiger charge is 2.21. The molecule has 0 unspecified atom stereocenters. The van der Waals surface area contributed by atoms with Gasteiger partial charge in [0.15, 0.2) is 0 Å². The monoisotopic (exact) mass is 146 g/mol. The second-order valence-corrected chi connectivity index (χ2v) is 1.86. The predicted molar refractivity (Wildman–Crippen MR) is 34.2 cm³/mol. The molecule has 0 aromatic carbocycles. The van der Waals surface area contributed by atoms with Crippen LogP contribution in [0.1, 0.15) is 0 Å². The Morgan fingerprint density at radius 1 is 1.70 bits per heavy atom. The fraction of sp³-hybridized carbons (Fsp3) is 0.600. The second-order valence-electron chi connectivity index (χ2n) is 1.86. The number of nitrogens with one attached hydrogen (secondary N) is 1. The third kappa shape index (κ3) is 3.03. The summed E-state index contributed by atoms with van der Waals surface area (Å²) in [4.78, 5) is 18.5. The largest absolute Gasteiger partial charge is 0.483 e. The molecule has 0 bridgehead atoms. The average molecular weight is 146 g/mol. The van der Waals surface area contributed by atoms with Gasteiger partial charge in [0.1, 0.15) is 0 Å². The smallest absolute Gasteiger partial charge is 0.290 e. The van der Waals surface area contributed by atoms with Crippen molar-refractivity contribution in [1.29, 1.82) is 0 Å². The number of primary amides is 1. The quantitative estimate of drug-likeness (QED) is 0.388. The molecule has 0 saturated carbocycles. The van der Waals surface area contributed by atoms with Gasteiger partial charge in [0, 0.05) is 13.1 Å². The van der Waals surface area contributed by atoms with Crippen molar-refractivity contribution in [2.24, 2.45) is 11.7 Å². The molecule has 1 amide bonds. The number of carbonyl (C=O) groups excluding carboxylic acids is 1. The Labute approximate surface area is 58.2 Å². The lowest BCUT2D eigenvalue weighted by Gasteiger charge is -2.22. The van der Waals surface area contributed by atoms with E-state index in [1.54, 1.807) is 0 Å². The molecule has 0 atom stereocenters. The Morgan fingerprint density at radius 2 is 2.10 bits per heavy atom. The minimum absolute atomic E-state index is 0.111. The van der Waals surface area contributed by atoms with E-state index in [9.17, 15) is 4.79 Å². The van der Waals surface area contributed by atoms with Gasteiger partial charge in [0.25, 0.3) is 6.47 Å². The molecule has 1 rings (SSSR count). The van der Waals surface area contributed by atoms with Crippen LogP contribution in [0.3, 0.4) is 0 Å². The minimum Gasteiger partial charge on any atom is -0.483 e. The number of nitrogens with two attached hydrogens (primary N) is 1. The van der Waals surface area contributed by atoms with Crippen molar-refractivity contribution in [2.75, 3.05) is 13.1 Å². The molecule has 0 aliphatic carbocycles. The highest BCUT2D eigenvalue weighted by molar-refractivity contribution is 5.77. The molecule has 5 heteroatoms. The molecule has 5 nitrogen and oxygen atoms in total. The summed E-state index contributed by atoms with van der Waals surface area (Å²) < 4.78 is 0. The van der Waals surface area contributed by atoms with Crippen molar-refractivity contribution >= 4 is 12.4 Å². The zero-order chi connectivity index (χ0) is 7.98. The zero-order valence-corrected chi connectivity index (χ0v) is 5.41. The molecule has 0 spiro atoms. The Balaban J connectivity index is 0.000000236. The van der Waals surface area contributed by atoms with Crippen LogP contribution in [0.25, 0.3) is 0 Å². The normalized spacial score (nSPS) is 16.0. The third-order valence-electron chi connectivity index (χ3n) is 1.18. The molecule has 1 saturated heterocycles. The van der Waals surface area contributed by atoms with Crippen LogP contribution in [0, 0.1) is 5.92 Å². The fourth-order valence-electron chi connectivity index (χ4n) is 0.490.